The van der Waals surface area contributed by atoms with Gasteiger partial charge in [0.15, 0.2) is 0 Å². The smallest absolute Gasteiger partial charge is 0.138 e. The Morgan fingerprint density at radius 3 is 2.85 bits per heavy atom. The maximum absolute atomic E-state index is 4.57. The minimum Gasteiger partial charge on any atom is -0.313 e. The van der Waals surface area contributed by atoms with Gasteiger partial charge in [-0.05, 0) is 26.8 Å². The van der Waals surface area contributed by atoms with E-state index in [1.54, 1.807) is 17.7 Å². The van der Waals surface area contributed by atoms with Gasteiger partial charge in [-0.1, -0.05) is 6.92 Å². The zero-order chi connectivity index (χ0) is 14.4. The molecule has 0 aromatic carbocycles. The van der Waals surface area contributed by atoms with Crippen LogP contribution in [0.4, 0.5) is 0 Å². The van der Waals surface area contributed by atoms with Crippen LogP contribution in [0.1, 0.15) is 36.8 Å². The molecule has 1 atom stereocenters. The first-order valence-corrected chi connectivity index (χ1v) is 8.12. The molecule has 0 fully saturated rings. The van der Waals surface area contributed by atoms with Crippen molar-refractivity contribution in [3.05, 3.63) is 28.2 Å². The van der Waals surface area contributed by atoms with E-state index in [-0.39, 0.29) is 0 Å². The van der Waals surface area contributed by atoms with Gasteiger partial charge in [0, 0.05) is 36.5 Å². The minimum atomic E-state index is 0.370. The second-order valence-corrected chi connectivity index (χ2v) is 5.88. The van der Waals surface area contributed by atoms with E-state index in [0.717, 1.165) is 43.9 Å². The molecule has 0 saturated carbocycles. The molecule has 0 saturated heterocycles. The van der Waals surface area contributed by atoms with Crippen molar-refractivity contribution in [1.82, 2.24) is 25.1 Å². The molecule has 0 spiro atoms. The van der Waals surface area contributed by atoms with Crippen molar-refractivity contribution in [2.75, 3.05) is 6.54 Å². The Kier molecular flexibility index (Phi) is 5.67. The van der Waals surface area contributed by atoms with Crippen molar-refractivity contribution in [2.24, 2.45) is 0 Å². The minimum absolute atomic E-state index is 0.370. The molecule has 1 unspecified atom stereocenters. The van der Waals surface area contributed by atoms with Crippen LogP contribution in [0.3, 0.4) is 0 Å². The Bertz CT molecular complexity index is 519. The van der Waals surface area contributed by atoms with Gasteiger partial charge >= 0.3 is 0 Å². The van der Waals surface area contributed by atoms with Crippen LogP contribution in [0.2, 0.25) is 0 Å². The van der Waals surface area contributed by atoms with Gasteiger partial charge < -0.3 is 5.32 Å². The molecule has 2 aromatic heterocycles. The number of thiazole rings is 1. The predicted octanol–water partition coefficient (Wildman–Crippen LogP) is 2.22. The lowest BCUT2D eigenvalue weighted by Gasteiger charge is -2.17. The molecule has 0 bridgehead atoms. The van der Waals surface area contributed by atoms with Gasteiger partial charge in [-0.2, -0.15) is 5.10 Å². The van der Waals surface area contributed by atoms with Gasteiger partial charge in [0.05, 0.1) is 5.01 Å². The molecule has 0 aliphatic heterocycles. The average molecular weight is 293 g/mol. The first-order valence-electron chi connectivity index (χ1n) is 7.24. The SMILES string of the molecule is CCCNC(Cc1nc(C)cs1)Cc1ncnn1CC. The van der Waals surface area contributed by atoms with Crippen molar-refractivity contribution in [3.63, 3.8) is 0 Å². The van der Waals surface area contributed by atoms with E-state index in [9.17, 15) is 0 Å². The predicted molar refractivity (Wildman–Crippen MR) is 82.0 cm³/mol. The molecule has 20 heavy (non-hydrogen) atoms. The van der Waals surface area contributed by atoms with Crippen molar-refractivity contribution in [3.8, 4) is 0 Å². The van der Waals surface area contributed by atoms with Gasteiger partial charge in [-0.3, -0.25) is 4.68 Å². The van der Waals surface area contributed by atoms with Crippen LogP contribution >= 0.6 is 11.3 Å². The maximum atomic E-state index is 4.57. The Hall–Kier alpha value is -1.27. The van der Waals surface area contributed by atoms with Crippen molar-refractivity contribution in [1.29, 1.82) is 0 Å². The fraction of sp³-hybridized carbons (Fsp3) is 0.643. The van der Waals surface area contributed by atoms with E-state index >= 15 is 0 Å². The zero-order valence-corrected chi connectivity index (χ0v) is 13.3. The molecule has 1 N–H and O–H groups in total. The van der Waals surface area contributed by atoms with E-state index in [4.69, 9.17) is 0 Å². The summed E-state index contributed by atoms with van der Waals surface area (Å²) in [5, 5.41) is 11.2. The summed E-state index contributed by atoms with van der Waals surface area (Å²) in [5.41, 5.74) is 1.11. The molecule has 110 valence electrons. The maximum Gasteiger partial charge on any atom is 0.138 e. The summed E-state index contributed by atoms with van der Waals surface area (Å²) in [7, 11) is 0. The van der Waals surface area contributed by atoms with Crippen molar-refractivity contribution >= 4 is 11.3 Å². The summed E-state index contributed by atoms with van der Waals surface area (Å²) in [6.07, 6.45) is 4.62. The van der Waals surface area contributed by atoms with Gasteiger partial charge in [-0.15, -0.1) is 11.3 Å². The Morgan fingerprint density at radius 2 is 2.20 bits per heavy atom. The molecule has 5 nitrogen and oxygen atoms in total. The number of hydrogen-bond acceptors (Lipinski definition) is 5. The summed E-state index contributed by atoms with van der Waals surface area (Å²) in [6.45, 7) is 8.21. The number of rotatable bonds is 8. The average Bonchev–Trinajstić information content (AvgIpc) is 3.05. The van der Waals surface area contributed by atoms with Crippen molar-refractivity contribution < 1.29 is 0 Å². The van der Waals surface area contributed by atoms with Crippen LogP contribution in [-0.4, -0.2) is 32.3 Å². The molecule has 0 aliphatic rings. The Labute approximate surface area is 124 Å². The third-order valence-electron chi connectivity index (χ3n) is 3.19. The van der Waals surface area contributed by atoms with Crippen LogP contribution in [-0.2, 0) is 19.4 Å². The zero-order valence-electron chi connectivity index (χ0n) is 12.5. The molecule has 0 aliphatic carbocycles. The van der Waals surface area contributed by atoms with Crippen LogP contribution < -0.4 is 5.32 Å². The van der Waals surface area contributed by atoms with E-state index in [2.05, 4.69) is 39.6 Å². The van der Waals surface area contributed by atoms with E-state index in [1.165, 1.54) is 5.01 Å². The highest BCUT2D eigenvalue weighted by molar-refractivity contribution is 7.09. The van der Waals surface area contributed by atoms with Gasteiger partial charge in [0.1, 0.15) is 12.2 Å². The number of hydrogen-bond donors (Lipinski definition) is 1. The number of nitrogens with zero attached hydrogens (tertiary/aromatic N) is 4. The Balaban J connectivity index is 2.03. The standard InChI is InChI=1S/C14H23N5S/c1-4-6-15-12(8-14-18-11(3)9-20-14)7-13-16-10-17-19(13)5-2/h9-10,12,15H,4-8H2,1-3H3. The summed E-state index contributed by atoms with van der Waals surface area (Å²) in [6, 6.07) is 0.370. The molecule has 0 radical (unpaired) electrons. The molecule has 2 rings (SSSR count). The fourth-order valence-electron chi connectivity index (χ4n) is 2.20. The first-order chi connectivity index (χ1) is 9.72. The molecule has 2 heterocycles. The van der Waals surface area contributed by atoms with Crippen molar-refractivity contribution in [2.45, 2.75) is 52.6 Å². The molecule has 2 aromatic rings. The van der Waals surface area contributed by atoms with E-state index < -0.39 is 0 Å². The topological polar surface area (TPSA) is 55.6 Å². The molecule has 6 heteroatoms. The second kappa shape index (κ2) is 7.50. The normalized spacial score (nSPS) is 12.8. The highest BCUT2D eigenvalue weighted by Crippen LogP contribution is 2.13. The summed E-state index contributed by atoms with van der Waals surface area (Å²) in [4.78, 5) is 8.94. The first kappa shape index (κ1) is 15.1. The lowest BCUT2D eigenvalue weighted by molar-refractivity contribution is 0.477. The summed E-state index contributed by atoms with van der Waals surface area (Å²) >= 11 is 1.74. The number of nitrogens with one attached hydrogen (secondary N) is 1. The van der Waals surface area contributed by atoms with Crippen LogP contribution in [0, 0.1) is 6.92 Å². The highest BCUT2D eigenvalue weighted by Gasteiger charge is 2.15. The molecular weight excluding hydrogens is 270 g/mol. The Morgan fingerprint density at radius 1 is 1.35 bits per heavy atom. The van der Waals surface area contributed by atoms with Crippen LogP contribution in [0.5, 0.6) is 0 Å². The second-order valence-electron chi connectivity index (χ2n) is 4.93. The van der Waals surface area contributed by atoms with Gasteiger partial charge in [-0.25, -0.2) is 9.97 Å². The fourth-order valence-corrected chi connectivity index (χ4v) is 3.06. The monoisotopic (exact) mass is 293 g/mol. The van der Waals surface area contributed by atoms with E-state index in [0.29, 0.717) is 6.04 Å². The number of aryl methyl sites for hydroxylation is 2. The lowest BCUT2D eigenvalue weighted by Crippen LogP contribution is -2.34. The quantitative estimate of drug-likeness (QED) is 0.811. The van der Waals surface area contributed by atoms with Gasteiger partial charge in [0.2, 0.25) is 0 Å². The molecular formula is C14H23N5S. The van der Waals surface area contributed by atoms with Crippen LogP contribution in [0.25, 0.3) is 0 Å². The van der Waals surface area contributed by atoms with Crippen LogP contribution in [0.15, 0.2) is 11.7 Å². The summed E-state index contributed by atoms with van der Waals surface area (Å²) in [5.74, 6) is 1.05. The third kappa shape index (κ3) is 4.11. The summed E-state index contributed by atoms with van der Waals surface area (Å²) < 4.78 is 1.97. The third-order valence-corrected chi connectivity index (χ3v) is 4.18. The lowest BCUT2D eigenvalue weighted by atomic mass is 10.1. The van der Waals surface area contributed by atoms with Gasteiger partial charge in [0.25, 0.3) is 0 Å². The number of aromatic nitrogens is 4. The largest absolute Gasteiger partial charge is 0.313 e. The van der Waals surface area contributed by atoms with E-state index in [1.807, 2.05) is 11.6 Å². The molecule has 0 amide bonds. The highest BCUT2D eigenvalue weighted by atomic mass is 32.1.